The SMILES string of the molecule is CC(=O)N(CCNS(C)(=O)=O)c1ccc(F)cc1F. The number of amides is 1. The number of hydrogen-bond donors (Lipinski definition) is 1. The fourth-order valence-electron chi connectivity index (χ4n) is 1.49. The molecular weight excluding hydrogens is 278 g/mol. The highest BCUT2D eigenvalue weighted by atomic mass is 32.2. The molecule has 1 rings (SSSR count). The van der Waals surface area contributed by atoms with Crippen LogP contribution in [0.4, 0.5) is 14.5 Å². The minimum absolute atomic E-state index is 0.0506. The Labute approximate surface area is 110 Å². The molecular formula is C11H14F2N2O3S. The lowest BCUT2D eigenvalue weighted by Crippen LogP contribution is -2.37. The van der Waals surface area contributed by atoms with Crippen LogP contribution in [0.2, 0.25) is 0 Å². The number of carbonyl (C=O) groups excluding carboxylic acids is 1. The molecule has 1 N–H and O–H groups in total. The Morgan fingerprint density at radius 2 is 2.00 bits per heavy atom. The van der Waals surface area contributed by atoms with Gasteiger partial charge in [0.25, 0.3) is 0 Å². The Morgan fingerprint density at radius 1 is 1.37 bits per heavy atom. The number of nitrogens with one attached hydrogen (secondary N) is 1. The van der Waals surface area contributed by atoms with Crippen molar-refractivity contribution in [2.45, 2.75) is 6.92 Å². The van der Waals surface area contributed by atoms with Gasteiger partial charge in [-0.25, -0.2) is 21.9 Å². The Morgan fingerprint density at radius 3 is 2.47 bits per heavy atom. The lowest BCUT2D eigenvalue weighted by atomic mass is 10.2. The number of halogens is 2. The number of nitrogens with zero attached hydrogens (tertiary/aromatic N) is 1. The van der Waals surface area contributed by atoms with Crippen LogP contribution in [-0.2, 0) is 14.8 Å². The first-order valence-electron chi connectivity index (χ1n) is 5.38. The summed E-state index contributed by atoms with van der Waals surface area (Å²) in [5.74, 6) is -2.10. The largest absolute Gasteiger partial charge is 0.309 e. The summed E-state index contributed by atoms with van der Waals surface area (Å²) in [5.41, 5.74) is -0.0933. The van der Waals surface area contributed by atoms with Gasteiger partial charge in [0.2, 0.25) is 15.9 Å². The zero-order valence-electron chi connectivity index (χ0n) is 10.5. The maximum Gasteiger partial charge on any atom is 0.223 e. The first kappa shape index (κ1) is 15.5. The number of anilines is 1. The van der Waals surface area contributed by atoms with E-state index < -0.39 is 27.6 Å². The second kappa shape index (κ2) is 6.07. The predicted octanol–water partition coefficient (Wildman–Crippen LogP) is 0.867. The van der Waals surface area contributed by atoms with E-state index in [1.807, 2.05) is 0 Å². The monoisotopic (exact) mass is 292 g/mol. The van der Waals surface area contributed by atoms with Crippen molar-refractivity contribution in [3.8, 4) is 0 Å². The van der Waals surface area contributed by atoms with Crippen LogP contribution in [-0.4, -0.2) is 33.7 Å². The number of benzene rings is 1. The molecule has 1 aromatic carbocycles. The summed E-state index contributed by atoms with van der Waals surface area (Å²) in [4.78, 5) is 12.5. The highest BCUT2D eigenvalue weighted by Gasteiger charge is 2.16. The lowest BCUT2D eigenvalue weighted by Gasteiger charge is -2.21. The third-order valence-electron chi connectivity index (χ3n) is 2.28. The molecule has 0 bridgehead atoms. The maximum absolute atomic E-state index is 13.5. The van der Waals surface area contributed by atoms with Gasteiger partial charge in [0, 0.05) is 26.1 Å². The van der Waals surface area contributed by atoms with Crippen LogP contribution in [0.5, 0.6) is 0 Å². The van der Waals surface area contributed by atoms with Crippen LogP contribution >= 0.6 is 0 Å². The van der Waals surface area contributed by atoms with Crippen molar-refractivity contribution in [3.05, 3.63) is 29.8 Å². The molecule has 19 heavy (non-hydrogen) atoms. The van der Waals surface area contributed by atoms with Gasteiger partial charge in [0.05, 0.1) is 11.9 Å². The summed E-state index contributed by atoms with van der Waals surface area (Å²) in [6.07, 6.45) is 0.976. The molecule has 0 saturated heterocycles. The minimum atomic E-state index is -3.39. The zero-order valence-corrected chi connectivity index (χ0v) is 11.3. The lowest BCUT2D eigenvalue weighted by molar-refractivity contribution is -0.116. The Balaban J connectivity index is 2.86. The first-order chi connectivity index (χ1) is 8.70. The Kier molecular flexibility index (Phi) is 4.96. The number of sulfonamides is 1. The predicted molar refractivity (Wildman–Crippen MR) is 67.2 cm³/mol. The highest BCUT2D eigenvalue weighted by Crippen LogP contribution is 2.20. The van der Waals surface area contributed by atoms with E-state index in [-0.39, 0.29) is 18.8 Å². The average molecular weight is 292 g/mol. The van der Waals surface area contributed by atoms with Gasteiger partial charge in [0.15, 0.2) is 0 Å². The van der Waals surface area contributed by atoms with Crippen molar-refractivity contribution in [3.63, 3.8) is 0 Å². The zero-order chi connectivity index (χ0) is 14.6. The standard InChI is InChI=1S/C11H14F2N2O3S/c1-8(16)15(6-5-14-19(2,17)18)11-4-3-9(12)7-10(11)13/h3-4,7,14H,5-6H2,1-2H3. The number of rotatable bonds is 5. The average Bonchev–Trinajstić information content (AvgIpc) is 2.24. The van der Waals surface area contributed by atoms with Gasteiger partial charge in [0.1, 0.15) is 11.6 Å². The summed E-state index contributed by atoms with van der Waals surface area (Å²) in [6.45, 7) is 1.10. The molecule has 1 amide bonds. The van der Waals surface area contributed by atoms with Crippen molar-refractivity contribution >= 4 is 21.6 Å². The van der Waals surface area contributed by atoms with E-state index in [0.717, 1.165) is 23.3 Å². The van der Waals surface area contributed by atoms with Gasteiger partial charge in [-0.15, -0.1) is 0 Å². The molecule has 1 aromatic rings. The quantitative estimate of drug-likeness (QED) is 0.875. The van der Waals surface area contributed by atoms with Gasteiger partial charge in [-0.05, 0) is 12.1 Å². The number of hydrogen-bond acceptors (Lipinski definition) is 3. The van der Waals surface area contributed by atoms with E-state index in [4.69, 9.17) is 0 Å². The van der Waals surface area contributed by atoms with Crippen molar-refractivity contribution in [2.75, 3.05) is 24.2 Å². The summed E-state index contributed by atoms with van der Waals surface area (Å²) in [6, 6.07) is 2.82. The third kappa shape index (κ3) is 4.92. The molecule has 0 radical (unpaired) electrons. The molecule has 0 fully saturated rings. The normalized spacial score (nSPS) is 11.4. The minimum Gasteiger partial charge on any atom is -0.309 e. The Bertz CT molecular complexity index is 575. The van der Waals surface area contributed by atoms with E-state index in [2.05, 4.69) is 4.72 Å². The van der Waals surface area contributed by atoms with Crippen LogP contribution in [0.3, 0.4) is 0 Å². The second-order valence-corrected chi connectivity index (χ2v) is 5.77. The summed E-state index contributed by atoms with van der Waals surface area (Å²) in [7, 11) is -3.39. The highest BCUT2D eigenvalue weighted by molar-refractivity contribution is 7.88. The molecule has 0 spiro atoms. The third-order valence-corrected chi connectivity index (χ3v) is 3.01. The molecule has 0 aromatic heterocycles. The van der Waals surface area contributed by atoms with Crippen molar-refractivity contribution in [2.24, 2.45) is 0 Å². The molecule has 0 aliphatic heterocycles. The topological polar surface area (TPSA) is 66.5 Å². The van der Waals surface area contributed by atoms with Crippen molar-refractivity contribution in [1.29, 1.82) is 0 Å². The summed E-state index contributed by atoms with van der Waals surface area (Å²) >= 11 is 0. The molecule has 5 nitrogen and oxygen atoms in total. The molecule has 0 saturated carbocycles. The Hall–Kier alpha value is -1.54. The summed E-state index contributed by atoms with van der Waals surface area (Å²) in [5, 5.41) is 0. The molecule has 0 aliphatic rings. The van der Waals surface area contributed by atoms with Crippen LogP contribution in [0.15, 0.2) is 18.2 Å². The van der Waals surface area contributed by atoms with Gasteiger partial charge in [-0.1, -0.05) is 0 Å². The molecule has 0 atom stereocenters. The molecule has 106 valence electrons. The van der Waals surface area contributed by atoms with E-state index in [0.29, 0.717) is 6.07 Å². The van der Waals surface area contributed by atoms with Gasteiger partial charge in [-0.3, -0.25) is 4.79 Å². The van der Waals surface area contributed by atoms with Crippen molar-refractivity contribution in [1.82, 2.24) is 4.72 Å². The van der Waals surface area contributed by atoms with Gasteiger partial charge >= 0.3 is 0 Å². The smallest absolute Gasteiger partial charge is 0.223 e. The van der Waals surface area contributed by atoms with Gasteiger partial charge < -0.3 is 4.90 Å². The molecule has 0 heterocycles. The maximum atomic E-state index is 13.5. The number of carbonyl (C=O) groups is 1. The van der Waals surface area contributed by atoms with Crippen LogP contribution < -0.4 is 9.62 Å². The van der Waals surface area contributed by atoms with Crippen molar-refractivity contribution < 1.29 is 22.0 Å². The first-order valence-corrected chi connectivity index (χ1v) is 7.27. The summed E-state index contributed by atoms with van der Waals surface area (Å²) < 4.78 is 50.3. The molecule has 8 heteroatoms. The molecule has 0 aliphatic carbocycles. The fraction of sp³-hybridized carbons (Fsp3) is 0.364. The van der Waals surface area contributed by atoms with E-state index >= 15 is 0 Å². The van der Waals surface area contributed by atoms with E-state index in [9.17, 15) is 22.0 Å². The van der Waals surface area contributed by atoms with Crippen LogP contribution in [0.25, 0.3) is 0 Å². The van der Waals surface area contributed by atoms with Crippen LogP contribution in [0, 0.1) is 11.6 Å². The van der Waals surface area contributed by atoms with E-state index in [1.165, 1.54) is 6.92 Å². The molecule has 0 unspecified atom stereocenters. The van der Waals surface area contributed by atoms with Crippen LogP contribution in [0.1, 0.15) is 6.92 Å². The second-order valence-electron chi connectivity index (χ2n) is 3.93. The van der Waals surface area contributed by atoms with Gasteiger partial charge in [-0.2, -0.15) is 0 Å². The van der Waals surface area contributed by atoms with E-state index in [1.54, 1.807) is 0 Å². The fourth-order valence-corrected chi connectivity index (χ4v) is 1.95.